The van der Waals surface area contributed by atoms with Crippen LogP contribution in [0.25, 0.3) is 10.8 Å². The van der Waals surface area contributed by atoms with E-state index in [-0.39, 0.29) is 24.7 Å². The van der Waals surface area contributed by atoms with Crippen LogP contribution in [-0.4, -0.2) is 27.4 Å². The second-order valence-electron chi connectivity index (χ2n) is 5.59. The Morgan fingerprint density at radius 2 is 1.96 bits per heavy atom. The third-order valence-electron chi connectivity index (χ3n) is 3.99. The highest BCUT2D eigenvalue weighted by atomic mass is 19.3. The van der Waals surface area contributed by atoms with Crippen LogP contribution in [0.1, 0.15) is 17.9 Å². The number of halogens is 2. The monoisotopic (exact) mass is 329 g/mol. The predicted molar refractivity (Wildman–Crippen MR) is 87.6 cm³/mol. The first-order valence-corrected chi connectivity index (χ1v) is 7.56. The Morgan fingerprint density at radius 1 is 1.21 bits per heavy atom. The fourth-order valence-corrected chi connectivity index (χ4v) is 2.69. The highest BCUT2D eigenvalue weighted by molar-refractivity contribution is 5.90. The van der Waals surface area contributed by atoms with Gasteiger partial charge in [0.1, 0.15) is 5.82 Å². The Labute approximate surface area is 138 Å². The smallest absolute Gasteiger partial charge is 0.319 e. The largest absolute Gasteiger partial charge is 0.338 e. The van der Waals surface area contributed by atoms with Crippen LogP contribution in [-0.2, 0) is 17.8 Å². The number of hydrogen-bond acceptors (Lipinski definition) is 2. The van der Waals surface area contributed by atoms with Gasteiger partial charge in [-0.2, -0.15) is 8.78 Å². The average Bonchev–Trinajstić information content (AvgIpc) is 3.03. The lowest BCUT2D eigenvalue weighted by atomic mass is 10.0. The molecule has 6 heteroatoms. The van der Waals surface area contributed by atoms with Crippen molar-refractivity contribution in [1.29, 1.82) is 0 Å². The molecule has 24 heavy (non-hydrogen) atoms. The van der Waals surface area contributed by atoms with E-state index in [0.29, 0.717) is 0 Å². The normalized spacial score (nSPS) is 11.2. The summed E-state index contributed by atoms with van der Waals surface area (Å²) in [5.41, 5.74) is 0.919. The molecule has 0 radical (unpaired) electrons. The maximum absolute atomic E-state index is 12.9. The van der Waals surface area contributed by atoms with Gasteiger partial charge in [0.05, 0.1) is 13.0 Å². The van der Waals surface area contributed by atoms with Crippen LogP contribution in [0, 0.1) is 0 Å². The summed E-state index contributed by atoms with van der Waals surface area (Å²) in [5, 5.41) is 2.09. The summed E-state index contributed by atoms with van der Waals surface area (Å²) in [4.78, 5) is 17.8. The second kappa shape index (κ2) is 6.78. The van der Waals surface area contributed by atoms with E-state index in [9.17, 15) is 13.6 Å². The summed E-state index contributed by atoms with van der Waals surface area (Å²) in [5.74, 6) is 0.0222. The van der Waals surface area contributed by atoms with Crippen LogP contribution in [0.5, 0.6) is 0 Å². The van der Waals surface area contributed by atoms with Gasteiger partial charge in [-0.15, -0.1) is 0 Å². The van der Waals surface area contributed by atoms with Crippen LogP contribution in [0.4, 0.5) is 8.78 Å². The highest BCUT2D eigenvalue weighted by Crippen LogP contribution is 2.20. The van der Waals surface area contributed by atoms with Gasteiger partial charge in [-0.1, -0.05) is 42.5 Å². The molecule has 0 fully saturated rings. The first-order valence-electron chi connectivity index (χ1n) is 7.56. The van der Waals surface area contributed by atoms with Crippen LogP contribution in [0.15, 0.2) is 54.9 Å². The van der Waals surface area contributed by atoms with Crippen LogP contribution < -0.4 is 0 Å². The number of likely N-dealkylation sites (N-methyl/N-ethyl adjacent to an activating group) is 1. The maximum Gasteiger partial charge on any atom is 0.319 e. The number of benzene rings is 2. The first-order chi connectivity index (χ1) is 11.6. The van der Waals surface area contributed by atoms with Crippen molar-refractivity contribution >= 4 is 16.7 Å². The number of hydrogen-bond donors (Lipinski definition) is 0. The second-order valence-corrected chi connectivity index (χ2v) is 5.59. The van der Waals surface area contributed by atoms with Gasteiger partial charge in [-0.05, 0) is 16.3 Å². The van der Waals surface area contributed by atoms with E-state index >= 15 is 0 Å². The molecule has 0 aliphatic carbocycles. The van der Waals surface area contributed by atoms with Crippen molar-refractivity contribution in [2.75, 3.05) is 7.05 Å². The number of nitrogens with zero attached hydrogens (tertiary/aromatic N) is 3. The van der Waals surface area contributed by atoms with Crippen molar-refractivity contribution in [1.82, 2.24) is 14.5 Å². The summed E-state index contributed by atoms with van der Waals surface area (Å²) in [6.45, 7) is -2.62. The van der Waals surface area contributed by atoms with Crippen molar-refractivity contribution in [2.45, 2.75) is 19.5 Å². The van der Waals surface area contributed by atoms with E-state index in [4.69, 9.17) is 0 Å². The number of fused-ring (bicyclic) bond motifs is 1. The molecular formula is C18H17F2N3O. The molecule has 0 atom stereocenters. The molecule has 3 aromatic rings. The van der Waals surface area contributed by atoms with E-state index in [1.165, 1.54) is 17.3 Å². The summed E-state index contributed by atoms with van der Waals surface area (Å²) < 4.78 is 26.5. The summed E-state index contributed by atoms with van der Waals surface area (Å²) in [7, 11) is 1.60. The van der Waals surface area contributed by atoms with Gasteiger partial charge < -0.3 is 4.90 Å². The van der Waals surface area contributed by atoms with Gasteiger partial charge in [-0.3, -0.25) is 9.36 Å². The summed E-state index contributed by atoms with van der Waals surface area (Å²) >= 11 is 0. The molecule has 0 N–H and O–H groups in total. The number of amides is 1. The number of aromatic nitrogens is 2. The lowest BCUT2D eigenvalue weighted by molar-refractivity contribution is -0.129. The third kappa shape index (κ3) is 3.27. The molecule has 4 nitrogen and oxygen atoms in total. The zero-order chi connectivity index (χ0) is 17.1. The minimum Gasteiger partial charge on any atom is -0.338 e. The number of alkyl halides is 2. The van der Waals surface area contributed by atoms with Crippen LogP contribution in [0.2, 0.25) is 0 Å². The zero-order valence-electron chi connectivity index (χ0n) is 13.2. The van der Waals surface area contributed by atoms with Crippen LogP contribution in [0.3, 0.4) is 0 Å². The minimum absolute atomic E-state index is 0.0426. The highest BCUT2D eigenvalue weighted by Gasteiger charge is 2.17. The Hall–Kier alpha value is -2.76. The molecule has 0 bridgehead atoms. The minimum atomic E-state index is -2.66. The molecule has 1 heterocycles. The van der Waals surface area contributed by atoms with Crippen molar-refractivity contribution in [3.8, 4) is 0 Å². The van der Waals surface area contributed by atoms with Gasteiger partial charge in [0.25, 0.3) is 0 Å². The molecule has 0 aliphatic heterocycles. The van der Waals surface area contributed by atoms with E-state index in [0.717, 1.165) is 20.9 Å². The lowest BCUT2D eigenvalue weighted by Gasteiger charge is -2.18. The molecule has 0 saturated carbocycles. The van der Waals surface area contributed by atoms with E-state index in [2.05, 4.69) is 4.98 Å². The van der Waals surface area contributed by atoms with E-state index in [1.807, 2.05) is 42.5 Å². The zero-order valence-corrected chi connectivity index (χ0v) is 13.2. The predicted octanol–water partition coefficient (Wildman–Crippen LogP) is 3.63. The Morgan fingerprint density at radius 3 is 2.75 bits per heavy atom. The fraction of sp³-hybridized carbons (Fsp3) is 0.222. The number of rotatable bonds is 5. The van der Waals surface area contributed by atoms with Gasteiger partial charge >= 0.3 is 6.55 Å². The van der Waals surface area contributed by atoms with Gasteiger partial charge in [0.2, 0.25) is 5.91 Å². The number of carbonyl (C=O) groups is 1. The molecule has 0 unspecified atom stereocenters. The summed E-state index contributed by atoms with van der Waals surface area (Å²) in [6, 6.07) is 13.7. The van der Waals surface area contributed by atoms with Crippen LogP contribution >= 0.6 is 0 Å². The topological polar surface area (TPSA) is 38.1 Å². The lowest BCUT2D eigenvalue weighted by Crippen LogP contribution is -2.29. The van der Waals surface area contributed by atoms with Gasteiger partial charge in [0.15, 0.2) is 0 Å². The number of imidazole rings is 1. The molecule has 1 amide bonds. The van der Waals surface area contributed by atoms with E-state index in [1.54, 1.807) is 7.05 Å². The maximum atomic E-state index is 12.9. The van der Waals surface area contributed by atoms with Gasteiger partial charge in [0, 0.05) is 19.4 Å². The van der Waals surface area contributed by atoms with E-state index < -0.39 is 6.55 Å². The number of carbonyl (C=O) groups excluding carboxylic acids is 1. The van der Waals surface area contributed by atoms with Gasteiger partial charge in [-0.25, -0.2) is 4.98 Å². The molecular weight excluding hydrogens is 312 g/mol. The average molecular weight is 329 g/mol. The summed E-state index contributed by atoms with van der Waals surface area (Å²) in [6.07, 6.45) is 2.74. The third-order valence-corrected chi connectivity index (χ3v) is 3.99. The Bertz CT molecular complexity index is 855. The SMILES string of the molecule is CN(Cc1nccn1C(F)F)C(=O)Cc1cccc2ccccc12. The molecule has 0 spiro atoms. The molecule has 1 aromatic heterocycles. The Balaban J connectivity index is 1.75. The standard InChI is InChI=1S/C18H17F2N3O/c1-22(12-16-21-9-10-23(16)18(19)20)17(24)11-14-7-4-6-13-5-2-3-8-15(13)14/h2-10,18H,11-12H2,1H3. The van der Waals surface area contributed by atoms with Crippen molar-refractivity contribution in [3.05, 3.63) is 66.2 Å². The van der Waals surface area contributed by atoms with Crippen molar-refractivity contribution in [3.63, 3.8) is 0 Å². The van der Waals surface area contributed by atoms with Crippen molar-refractivity contribution in [2.24, 2.45) is 0 Å². The molecule has 3 rings (SSSR count). The van der Waals surface area contributed by atoms with Crippen molar-refractivity contribution < 1.29 is 13.6 Å². The quantitative estimate of drug-likeness (QED) is 0.717. The molecule has 124 valence electrons. The molecule has 2 aromatic carbocycles. The Kier molecular flexibility index (Phi) is 4.55. The fourth-order valence-electron chi connectivity index (χ4n) is 2.69. The molecule has 0 saturated heterocycles. The first kappa shape index (κ1) is 16.1. The molecule has 0 aliphatic rings.